The van der Waals surface area contributed by atoms with Crippen LogP contribution < -0.4 is 0 Å². The number of nitrogens with zero attached hydrogens (tertiary/aromatic N) is 2. The van der Waals surface area contributed by atoms with E-state index < -0.39 is 5.60 Å². The van der Waals surface area contributed by atoms with Crippen molar-refractivity contribution in [2.45, 2.75) is 78.7 Å². The van der Waals surface area contributed by atoms with Gasteiger partial charge in [0, 0.05) is 22.4 Å². The maximum absolute atomic E-state index is 12.0. The van der Waals surface area contributed by atoms with Crippen molar-refractivity contribution in [2.75, 3.05) is 0 Å². The first-order chi connectivity index (χ1) is 16.6. The van der Waals surface area contributed by atoms with Gasteiger partial charge in [-0.25, -0.2) is 4.98 Å². The number of rotatable bonds is 4. The number of fused-ring (bicyclic) bond motifs is 5. The van der Waals surface area contributed by atoms with Gasteiger partial charge in [0.1, 0.15) is 5.60 Å². The summed E-state index contributed by atoms with van der Waals surface area (Å²) >= 11 is 0. The SMILES string of the molecule is CC(C)[C@]12C[C@H](c3ccc4ccc5ccc([C@@]6(O)C[C@]7(C(C)C)C[C@@H]7[C@@H]6C)nc5c4n3)[C@@H](C)[C@H]1C2. The van der Waals surface area contributed by atoms with Crippen LogP contribution in [0.3, 0.4) is 0 Å². The fraction of sp³-hybridized carbons (Fsp3) is 0.625. The van der Waals surface area contributed by atoms with Crippen LogP contribution in [-0.4, -0.2) is 15.1 Å². The number of aliphatic hydroxyl groups is 1. The number of benzene rings is 1. The van der Waals surface area contributed by atoms with E-state index in [2.05, 4.69) is 77.9 Å². The Bertz CT molecular complexity index is 1360. The minimum absolute atomic E-state index is 0.242. The largest absolute Gasteiger partial charge is 0.383 e. The summed E-state index contributed by atoms with van der Waals surface area (Å²) in [5, 5.41) is 14.2. The number of hydrogen-bond donors (Lipinski definition) is 1. The Balaban J connectivity index is 1.31. The molecule has 4 saturated carbocycles. The van der Waals surface area contributed by atoms with Gasteiger partial charge in [0.05, 0.1) is 16.7 Å². The van der Waals surface area contributed by atoms with Crippen LogP contribution in [-0.2, 0) is 5.60 Å². The Morgan fingerprint density at radius 1 is 0.771 bits per heavy atom. The van der Waals surface area contributed by atoms with Gasteiger partial charge in [0.25, 0.3) is 0 Å². The van der Waals surface area contributed by atoms with Crippen molar-refractivity contribution in [3.05, 3.63) is 47.8 Å². The van der Waals surface area contributed by atoms with E-state index in [1.807, 2.05) is 0 Å². The molecule has 35 heavy (non-hydrogen) atoms. The van der Waals surface area contributed by atoms with E-state index >= 15 is 0 Å². The van der Waals surface area contributed by atoms with E-state index in [1.54, 1.807) is 0 Å². The van der Waals surface area contributed by atoms with Crippen molar-refractivity contribution in [2.24, 2.45) is 46.3 Å². The van der Waals surface area contributed by atoms with E-state index in [4.69, 9.17) is 9.97 Å². The van der Waals surface area contributed by atoms with Crippen molar-refractivity contribution in [3.63, 3.8) is 0 Å². The molecule has 0 spiro atoms. The second-order valence-electron chi connectivity index (χ2n) is 13.6. The summed E-state index contributed by atoms with van der Waals surface area (Å²) < 4.78 is 0. The van der Waals surface area contributed by atoms with Crippen molar-refractivity contribution >= 4 is 21.8 Å². The molecule has 7 rings (SSSR count). The van der Waals surface area contributed by atoms with Gasteiger partial charge in [0.2, 0.25) is 0 Å². The Hall–Kier alpha value is -2.00. The normalized spacial score (nSPS) is 41.7. The predicted molar refractivity (Wildman–Crippen MR) is 142 cm³/mol. The summed E-state index contributed by atoms with van der Waals surface area (Å²) in [6, 6.07) is 13.1. The van der Waals surface area contributed by atoms with Crippen LogP contribution in [0.2, 0.25) is 0 Å². The van der Waals surface area contributed by atoms with Crippen LogP contribution in [0, 0.1) is 46.3 Å². The molecule has 2 heterocycles. The van der Waals surface area contributed by atoms with E-state index in [9.17, 15) is 5.11 Å². The maximum Gasteiger partial charge on any atom is 0.110 e. The Morgan fingerprint density at radius 2 is 1.37 bits per heavy atom. The quantitative estimate of drug-likeness (QED) is 0.404. The van der Waals surface area contributed by atoms with Gasteiger partial charge < -0.3 is 5.11 Å². The molecule has 0 bridgehead atoms. The number of hydrogen-bond acceptors (Lipinski definition) is 3. The second-order valence-corrected chi connectivity index (χ2v) is 13.6. The minimum atomic E-state index is -0.841. The molecule has 184 valence electrons. The second kappa shape index (κ2) is 6.85. The van der Waals surface area contributed by atoms with Crippen LogP contribution in [0.25, 0.3) is 21.8 Å². The molecule has 8 atom stereocenters. The van der Waals surface area contributed by atoms with Gasteiger partial charge in [-0.15, -0.1) is 0 Å². The zero-order valence-electron chi connectivity index (χ0n) is 22.2. The molecule has 1 aromatic carbocycles. The smallest absolute Gasteiger partial charge is 0.110 e. The van der Waals surface area contributed by atoms with E-state index in [0.717, 1.165) is 45.8 Å². The molecule has 0 saturated heterocycles. The topological polar surface area (TPSA) is 46.0 Å². The van der Waals surface area contributed by atoms with Gasteiger partial charge in [0.15, 0.2) is 0 Å². The van der Waals surface area contributed by atoms with Gasteiger partial charge in [-0.05, 0) is 84.2 Å². The molecule has 0 amide bonds. The van der Waals surface area contributed by atoms with Gasteiger partial charge >= 0.3 is 0 Å². The molecule has 3 aromatic rings. The van der Waals surface area contributed by atoms with Gasteiger partial charge in [-0.3, -0.25) is 4.98 Å². The van der Waals surface area contributed by atoms with Crippen molar-refractivity contribution < 1.29 is 5.11 Å². The van der Waals surface area contributed by atoms with E-state index in [1.165, 1.54) is 25.0 Å². The molecule has 1 N–H and O–H groups in total. The van der Waals surface area contributed by atoms with Crippen molar-refractivity contribution in [1.29, 1.82) is 0 Å². The first-order valence-corrected chi connectivity index (χ1v) is 14.0. The average molecular weight is 469 g/mol. The highest BCUT2D eigenvalue weighted by molar-refractivity contribution is 6.02. The third-order valence-electron chi connectivity index (χ3n) is 11.8. The lowest BCUT2D eigenvalue weighted by Gasteiger charge is -2.31. The molecule has 0 aliphatic heterocycles. The molecular formula is C32H40N2O. The minimum Gasteiger partial charge on any atom is -0.383 e. The molecule has 2 aromatic heterocycles. The van der Waals surface area contributed by atoms with Crippen LogP contribution in [0.5, 0.6) is 0 Å². The number of aromatic nitrogens is 2. The fourth-order valence-electron chi connectivity index (χ4n) is 9.09. The highest BCUT2D eigenvalue weighted by atomic mass is 16.3. The summed E-state index contributed by atoms with van der Waals surface area (Å²) in [6.07, 6.45) is 4.77. The highest BCUT2D eigenvalue weighted by Crippen LogP contribution is 2.74. The molecule has 3 nitrogen and oxygen atoms in total. The zero-order valence-corrected chi connectivity index (χ0v) is 22.2. The number of pyridine rings is 2. The van der Waals surface area contributed by atoms with E-state index in [-0.39, 0.29) is 5.92 Å². The van der Waals surface area contributed by atoms with Crippen LogP contribution in [0.1, 0.15) is 84.5 Å². The molecular weight excluding hydrogens is 428 g/mol. The third-order valence-corrected chi connectivity index (χ3v) is 11.8. The Kier molecular flexibility index (Phi) is 4.35. The molecule has 0 unspecified atom stereocenters. The summed E-state index contributed by atoms with van der Waals surface area (Å²) in [7, 11) is 0. The standard InChI is InChI=1S/C32H40N2O/c1-17(2)30-13-23(19(5)24(30)14-30)26-11-9-21-7-8-22-10-12-27(34-29(22)28(21)33-26)32(35)16-31(18(3)4)15-25(31)20(32)6/h7-12,17-20,23-25,35H,13-16H2,1-6H3/t19-,20+,23+,24-,25-,30-,31+,32-/m1/s1. The first-order valence-electron chi connectivity index (χ1n) is 14.0. The summed E-state index contributed by atoms with van der Waals surface area (Å²) in [6.45, 7) is 14.1. The van der Waals surface area contributed by atoms with Crippen LogP contribution in [0.4, 0.5) is 0 Å². The molecule has 3 heteroatoms. The monoisotopic (exact) mass is 468 g/mol. The average Bonchev–Trinajstić information content (AvgIpc) is 3.72. The molecule has 0 radical (unpaired) electrons. The molecule has 4 aliphatic carbocycles. The third kappa shape index (κ3) is 2.77. The fourth-order valence-corrected chi connectivity index (χ4v) is 9.09. The first kappa shape index (κ1) is 22.2. The lowest BCUT2D eigenvalue weighted by Crippen LogP contribution is -2.33. The highest BCUT2D eigenvalue weighted by Gasteiger charge is 2.70. The van der Waals surface area contributed by atoms with Crippen molar-refractivity contribution in [1.82, 2.24) is 9.97 Å². The van der Waals surface area contributed by atoms with Gasteiger partial charge in [-0.1, -0.05) is 65.8 Å². The molecule has 4 fully saturated rings. The van der Waals surface area contributed by atoms with Crippen molar-refractivity contribution in [3.8, 4) is 0 Å². The van der Waals surface area contributed by atoms with Crippen LogP contribution >= 0.6 is 0 Å². The van der Waals surface area contributed by atoms with Gasteiger partial charge in [-0.2, -0.15) is 0 Å². The lowest BCUT2D eigenvalue weighted by molar-refractivity contribution is -0.0217. The predicted octanol–water partition coefficient (Wildman–Crippen LogP) is 7.46. The summed E-state index contributed by atoms with van der Waals surface area (Å²) in [5.74, 6) is 4.30. The Morgan fingerprint density at radius 3 is 2.00 bits per heavy atom. The summed E-state index contributed by atoms with van der Waals surface area (Å²) in [5.41, 5.74) is 4.04. The van der Waals surface area contributed by atoms with E-state index in [0.29, 0.717) is 34.5 Å². The Labute approximate surface area is 209 Å². The lowest BCUT2D eigenvalue weighted by atomic mass is 9.81. The maximum atomic E-state index is 12.0. The zero-order chi connectivity index (χ0) is 24.5. The molecule has 4 aliphatic rings. The summed E-state index contributed by atoms with van der Waals surface area (Å²) in [4.78, 5) is 10.5. The van der Waals surface area contributed by atoms with Crippen LogP contribution in [0.15, 0.2) is 36.4 Å².